The van der Waals surface area contributed by atoms with Gasteiger partial charge in [0.05, 0.1) is 4.92 Å². The lowest BCUT2D eigenvalue weighted by Crippen LogP contribution is -1.85. The molecule has 0 aliphatic heterocycles. The Hall–Kier alpha value is -1.47. The zero-order valence-corrected chi connectivity index (χ0v) is 7.39. The van der Waals surface area contributed by atoms with Crippen molar-refractivity contribution in [2.75, 3.05) is 0 Å². The maximum absolute atomic E-state index is 10.0. The van der Waals surface area contributed by atoms with Gasteiger partial charge in [-0.05, 0) is 0 Å². The van der Waals surface area contributed by atoms with Gasteiger partial charge in [0.1, 0.15) is 0 Å². The van der Waals surface area contributed by atoms with Crippen molar-refractivity contribution in [3.8, 4) is 0 Å². The van der Waals surface area contributed by atoms with E-state index in [4.69, 9.17) is 8.42 Å². The standard InChI is InChI=1S/C6H5NO2.H3NO2S/c8-7(9)6-4-2-1-3-5-6;1-4(2)3/h1-5H;4H,(H2,1,2,3). The van der Waals surface area contributed by atoms with Crippen LogP contribution >= 0.6 is 0 Å². The molecule has 0 radical (unpaired) electrons. The van der Waals surface area contributed by atoms with Crippen LogP contribution in [0.15, 0.2) is 30.3 Å². The van der Waals surface area contributed by atoms with Gasteiger partial charge in [-0.1, -0.05) is 18.2 Å². The van der Waals surface area contributed by atoms with Gasteiger partial charge in [0.2, 0.25) is 0 Å². The van der Waals surface area contributed by atoms with E-state index in [-0.39, 0.29) is 5.69 Å². The molecule has 0 aliphatic carbocycles. The van der Waals surface area contributed by atoms with E-state index in [1.807, 2.05) is 0 Å². The van der Waals surface area contributed by atoms with Crippen LogP contribution in [0.1, 0.15) is 0 Å². The summed E-state index contributed by atoms with van der Waals surface area (Å²) in [7, 11) is -2.62. The summed E-state index contributed by atoms with van der Waals surface area (Å²) >= 11 is 0. The molecule has 0 aromatic heterocycles. The van der Waals surface area contributed by atoms with Crippen molar-refractivity contribution in [3.63, 3.8) is 0 Å². The minimum Gasteiger partial charge on any atom is -0.258 e. The molecule has 0 atom stereocenters. The fraction of sp³-hybridized carbons (Fsp3) is 0. The smallest absolute Gasteiger partial charge is 0.258 e. The first-order chi connectivity index (χ1) is 6.04. The van der Waals surface area contributed by atoms with Gasteiger partial charge in [0, 0.05) is 12.1 Å². The third-order valence-corrected chi connectivity index (χ3v) is 0.967. The largest absolute Gasteiger partial charge is 0.269 e. The predicted octanol–water partition coefficient (Wildman–Crippen LogP) is 0.0663. The Morgan fingerprint density at radius 3 is 1.85 bits per heavy atom. The number of thiol groups is 1. The molecule has 13 heavy (non-hydrogen) atoms. The van der Waals surface area contributed by atoms with E-state index in [1.54, 1.807) is 18.2 Å². The zero-order valence-electron chi connectivity index (χ0n) is 6.49. The molecule has 1 aromatic carbocycles. The second-order valence-electron chi connectivity index (χ2n) is 1.88. The molecule has 0 aliphatic rings. The molecule has 0 bridgehead atoms. The maximum Gasteiger partial charge on any atom is 0.269 e. The summed E-state index contributed by atoms with van der Waals surface area (Å²) in [6, 6.07) is 7.93. The van der Waals surface area contributed by atoms with Gasteiger partial charge >= 0.3 is 0 Å². The topological polar surface area (TPSA) is 103 Å². The fourth-order valence-electron chi connectivity index (χ4n) is 0.550. The first kappa shape index (κ1) is 11.5. The minimum absolute atomic E-state index is 0.137. The third-order valence-electron chi connectivity index (χ3n) is 0.967. The number of nitrogens with zero attached hydrogens (tertiary/aromatic N) is 1. The summed E-state index contributed by atoms with van der Waals surface area (Å²) in [5.74, 6) is 0. The van der Waals surface area contributed by atoms with Crippen molar-refractivity contribution in [1.82, 2.24) is 0 Å². The number of nitro benzene ring substituents is 1. The Labute approximate surface area is 76.2 Å². The maximum atomic E-state index is 10.0. The molecule has 6 nitrogen and oxygen atoms in total. The summed E-state index contributed by atoms with van der Waals surface area (Å²) < 4.78 is 17.6. The summed E-state index contributed by atoms with van der Waals surface area (Å²) in [5, 5.41) is 14.1. The fourth-order valence-corrected chi connectivity index (χ4v) is 0.550. The average molecular weight is 204 g/mol. The molecule has 7 heteroatoms. The minimum atomic E-state index is -2.62. The molecular weight excluding hydrogens is 196 g/mol. The van der Waals surface area contributed by atoms with Crippen LogP contribution in [-0.2, 0) is 10.9 Å². The van der Waals surface area contributed by atoms with Crippen molar-refractivity contribution in [3.05, 3.63) is 40.4 Å². The number of para-hydroxylation sites is 1. The first-order valence-corrected chi connectivity index (χ1v) is 4.37. The Balaban J connectivity index is 0.000000310. The highest BCUT2D eigenvalue weighted by Crippen LogP contribution is 2.06. The SMILES string of the molecule is N[SH](=O)=O.O=[N+]([O-])c1ccccc1. The highest BCUT2D eigenvalue weighted by Gasteiger charge is 1.98. The molecule has 0 amide bonds. The summed E-state index contributed by atoms with van der Waals surface area (Å²) in [6.07, 6.45) is 0. The van der Waals surface area contributed by atoms with E-state index >= 15 is 0 Å². The van der Waals surface area contributed by atoms with Crippen molar-refractivity contribution in [1.29, 1.82) is 0 Å². The molecule has 1 aromatic rings. The van der Waals surface area contributed by atoms with E-state index in [9.17, 15) is 10.1 Å². The van der Waals surface area contributed by atoms with E-state index < -0.39 is 15.8 Å². The molecule has 0 spiro atoms. The lowest BCUT2D eigenvalue weighted by Gasteiger charge is -1.85. The van der Waals surface area contributed by atoms with Gasteiger partial charge in [0.25, 0.3) is 5.69 Å². The van der Waals surface area contributed by atoms with E-state index in [1.165, 1.54) is 12.1 Å². The Kier molecular flexibility index (Phi) is 5.40. The quantitative estimate of drug-likeness (QED) is 0.383. The summed E-state index contributed by atoms with van der Waals surface area (Å²) in [5.41, 5.74) is 0.137. The van der Waals surface area contributed by atoms with Crippen molar-refractivity contribution < 1.29 is 13.3 Å². The number of hydrogen-bond acceptors (Lipinski definition) is 4. The van der Waals surface area contributed by atoms with Crippen molar-refractivity contribution in [2.45, 2.75) is 0 Å². The molecule has 0 fully saturated rings. The van der Waals surface area contributed by atoms with Crippen LogP contribution in [0.5, 0.6) is 0 Å². The van der Waals surface area contributed by atoms with Crippen LogP contribution in [-0.4, -0.2) is 13.3 Å². The van der Waals surface area contributed by atoms with Gasteiger partial charge in [0.15, 0.2) is 10.9 Å². The molecule has 72 valence electrons. The molecule has 2 N–H and O–H groups in total. The lowest BCUT2D eigenvalue weighted by atomic mass is 10.3. The monoisotopic (exact) mass is 204 g/mol. The lowest BCUT2D eigenvalue weighted by molar-refractivity contribution is -0.384. The summed E-state index contributed by atoms with van der Waals surface area (Å²) in [6.45, 7) is 0. The second kappa shape index (κ2) is 6.09. The van der Waals surface area contributed by atoms with Gasteiger partial charge in [-0.15, -0.1) is 0 Å². The Bertz CT molecular complexity index is 328. The second-order valence-corrected chi connectivity index (χ2v) is 2.45. The number of hydrogen-bond donors (Lipinski definition) is 2. The highest BCUT2D eigenvalue weighted by atomic mass is 32.2. The molecule has 0 saturated carbocycles. The van der Waals surface area contributed by atoms with Crippen LogP contribution in [0.2, 0.25) is 0 Å². The Morgan fingerprint density at radius 2 is 1.62 bits per heavy atom. The van der Waals surface area contributed by atoms with Gasteiger partial charge < -0.3 is 0 Å². The predicted molar refractivity (Wildman–Crippen MR) is 47.6 cm³/mol. The molecule has 0 unspecified atom stereocenters. The van der Waals surface area contributed by atoms with E-state index in [0.29, 0.717) is 0 Å². The number of rotatable bonds is 1. The van der Waals surface area contributed by atoms with Crippen molar-refractivity contribution >= 4 is 16.6 Å². The zero-order chi connectivity index (χ0) is 10.3. The Morgan fingerprint density at radius 1 is 1.23 bits per heavy atom. The van der Waals surface area contributed by atoms with Crippen molar-refractivity contribution in [2.24, 2.45) is 5.14 Å². The average Bonchev–Trinajstić information content (AvgIpc) is 2.05. The van der Waals surface area contributed by atoms with Crippen LogP contribution < -0.4 is 5.14 Å². The van der Waals surface area contributed by atoms with Gasteiger partial charge in [-0.3, -0.25) is 10.1 Å². The van der Waals surface area contributed by atoms with Crippen LogP contribution in [0.4, 0.5) is 5.69 Å². The van der Waals surface area contributed by atoms with Crippen LogP contribution in [0.25, 0.3) is 0 Å². The van der Waals surface area contributed by atoms with Crippen LogP contribution in [0.3, 0.4) is 0 Å². The highest BCUT2D eigenvalue weighted by molar-refractivity contribution is 7.69. The number of non-ortho nitro benzene ring substituents is 1. The molecule has 0 heterocycles. The normalized spacial score (nSPS) is 8.77. The molecular formula is C6H8N2O4S. The molecule has 1 rings (SSSR count). The third kappa shape index (κ3) is 6.91. The number of nitrogens with two attached hydrogens (primary N) is 1. The van der Waals surface area contributed by atoms with E-state index in [2.05, 4.69) is 5.14 Å². The first-order valence-electron chi connectivity index (χ1n) is 3.12. The van der Waals surface area contributed by atoms with Crippen LogP contribution in [0, 0.1) is 10.1 Å². The molecule has 0 saturated heterocycles. The van der Waals surface area contributed by atoms with E-state index in [0.717, 1.165) is 0 Å². The summed E-state index contributed by atoms with van der Waals surface area (Å²) in [4.78, 5) is 9.59. The van der Waals surface area contributed by atoms with Gasteiger partial charge in [-0.2, -0.15) is 0 Å². The number of nitro groups is 1. The number of benzene rings is 1. The van der Waals surface area contributed by atoms with Gasteiger partial charge in [-0.25, -0.2) is 13.6 Å².